The molecule has 2 heterocycles. The summed E-state index contributed by atoms with van der Waals surface area (Å²) in [5.41, 5.74) is 1.05. The molecule has 0 aromatic heterocycles. The molecule has 2 saturated heterocycles. The van der Waals surface area contributed by atoms with Crippen LogP contribution in [0.3, 0.4) is 0 Å². The lowest BCUT2D eigenvalue weighted by atomic mass is 9.85. The van der Waals surface area contributed by atoms with E-state index in [2.05, 4.69) is 0 Å². The first-order chi connectivity index (χ1) is 13.1. The van der Waals surface area contributed by atoms with E-state index in [0.717, 1.165) is 6.42 Å². The van der Waals surface area contributed by atoms with Crippen molar-refractivity contribution >= 4 is 29.2 Å². The predicted molar refractivity (Wildman–Crippen MR) is 96.6 cm³/mol. The summed E-state index contributed by atoms with van der Waals surface area (Å²) in [5.74, 6) is -1.78. The zero-order valence-corrected chi connectivity index (χ0v) is 14.7. The monoisotopic (exact) mass is 368 g/mol. The summed E-state index contributed by atoms with van der Waals surface area (Å²) < 4.78 is 5.33. The molecule has 4 atom stereocenters. The number of aromatic carboxylic acids is 1. The van der Waals surface area contributed by atoms with Gasteiger partial charge in [0.15, 0.2) is 0 Å². The van der Waals surface area contributed by atoms with Crippen molar-refractivity contribution in [1.82, 2.24) is 0 Å². The zero-order valence-electron chi connectivity index (χ0n) is 14.7. The van der Waals surface area contributed by atoms with Crippen LogP contribution in [0.15, 0.2) is 30.4 Å². The number of amides is 2. The molecule has 1 aromatic carbocycles. The van der Waals surface area contributed by atoms with Crippen molar-refractivity contribution in [2.75, 3.05) is 36.1 Å². The summed E-state index contributed by atoms with van der Waals surface area (Å²) in [5, 5.41) is 9.69. The number of carboxylic acids is 1. The van der Waals surface area contributed by atoms with E-state index in [0.29, 0.717) is 37.7 Å². The molecule has 0 unspecified atom stereocenters. The molecule has 0 radical (unpaired) electrons. The van der Waals surface area contributed by atoms with Gasteiger partial charge in [-0.3, -0.25) is 9.59 Å². The number of carbonyl (C=O) groups is 3. The largest absolute Gasteiger partial charge is 0.478 e. The SMILES string of the molecule is O=C(O)c1cc(N2C(=O)[C@@H]3[C@@H](C2=O)[C@H]2C=C[C@H]3C2)ccc1N1CCOCC1. The quantitative estimate of drug-likeness (QED) is 0.643. The van der Waals surface area contributed by atoms with E-state index < -0.39 is 5.97 Å². The van der Waals surface area contributed by atoms with Crippen LogP contribution in [0.5, 0.6) is 0 Å². The maximum atomic E-state index is 13.0. The summed E-state index contributed by atoms with van der Waals surface area (Å²) in [6.45, 7) is 2.31. The van der Waals surface area contributed by atoms with Crippen LogP contribution in [0.1, 0.15) is 16.8 Å². The van der Waals surface area contributed by atoms with Crippen LogP contribution in [0.2, 0.25) is 0 Å². The number of benzene rings is 1. The molecule has 7 heteroatoms. The number of allylic oxidation sites excluding steroid dienone is 2. The number of anilines is 2. The number of ether oxygens (including phenoxy) is 1. The fourth-order valence-electron chi connectivity index (χ4n) is 5.07. The summed E-state index contributed by atoms with van der Waals surface area (Å²) in [6.07, 6.45) is 4.96. The fourth-order valence-corrected chi connectivity index (χ4v) is 5.07. The molecule has 140 valence electrons. The number of fused-ring (bicyclic) bond motifs is 5. The summed E-state index contributed by atoms with van der Waals surface area (Å²) in [4.78, 5) is 40.9. The van der Waals surface area contributed by atoms with E-state index in [9.17, 15) is 19.5 Å². The van der Waals surface area contributed by atoms with Gasteiger partial charge in [-0.25, -0.2) is 9.69 Å². The van der Waals surface area contributed by atoms with Gasteiger partial charge in [0.1, 0.15) is 0 Å². The van der Waals surface area contributed by atoms with Crippen molar-refractivity contribution < 1.29 is 24.2 Å². The highest BCUT2D eigenvalue weighted by atomic mass is 16.5. The molecule has 5 rings (SSSR count). The van der Waals surface area contributed by atoms with Gasteiger partial charge in [0, 0.05) is 13.1 Å². The van der Waals surface area contributed by atoms with Gasteiger partial charge in [0.25, 0.3) is 0 Å². The lowest BCUT2D eigenvalue weighted by molar-refractivity contribution is -0.123. The minimum atomic E-state index is -1.07. The van der Waals surface area contributed by atoms with Crippen LogP contribution in [0, 0.1) is 23.7 Å². The van der Waals surface area contributed by atoms with Crippen molar-refractivity contribution in [3.63, 3.8) is 0 Å². The Balaban J connectivity index is 1.51. The van der Waals surface area contributed by atoms with Crippen molar-refractivity contribution in [3.8, 4) is 0 Å². The third kappa shape index (κ3) is 2.34. The van der Waals surface area contributed by atoms with Gasteiger partial charge in [-0.1, -0.05) is 12.2 Å². The molecule has 2 aliphatic heterocycles. The number of imide groups is 1. The average Bonchev–Trinajstić information content (AvgIpc) is 3.36. The highest BCUT2D eigenvalue weighted by Crippen LogP contribution is 2.53. The first kappa shape index (κ1) is 16.5. The van der Waals surface area contributed by atoms with Crippen LogP contribution in [-0.2, 0) is 14.3 Å². The third-order valence-electron chi connectivity index (χ3n) is 6.29. The molecule has 2 bridgehead atoms. The Kier molecular flexibility index (Phi) is 3.62. The summed E-state index contributed by atoms with van der Waals surface area (Å²) in [6, 6.07) is 4.84. The normalized spacial score (nSPS) is 31.7. The topological polar surface area (TPSA) is 87.2 Å². The molecule has 2 amide bonds. The summed E-state index contributed by atoms with van der Waals surface area (Å²) >= 11 is 0. The van der Waals surface area contributed by atoms with E-state index >= 15 is 0 Å². The Bertz CT molecular complexity index is 843. The molecule has 3 fully saturated rings. The number of nitrogens with zero attached hydrogens (tertiary/aromatic N) is 2. The van der Waals surface area contributed by atoms with Gasteiger partial charge in [-0.2, -0.15) is 0 Å². The molecule has 7 nitrogen and oxygen atoms in total. The van der Waals surface area contributed by atoms with Gasteiger partial charge in [0.2, 0.25) is 11.8 Å². The summed E-state index contributed by atoms with van der Waals surface area (Å²) in [7, 11) is 0. The Hall–Kier alpha value is -2.67. The Morgan fingerprint density at radius 1 is 1.04 bits per heavy atom. The van der Waals surface area contributed by atoms with Crippen molar-refractivity contribution in [1.29, 1.82) is 0 Å². The second-order valence-corrected chi connectivity index (χ2v) is 7.62. The maximum absolute atomic E-state index is 13.0. The molecule has 1 aromatic rings. The highest BCUT2D eigenvalue weighted by molar-refractivity contribution is 6.23. The maximum Gasteiger partial charge on any atom is 0.337 e. The third-order valence-corrected chi connectivity index (χ3v) is 6.29. The lowest BCUT2D eigenvalue weighted by Crippen LogP contribution is -2.37. The van der Waals surface area contributed by atoms with Gasteiger partial charge < -0.3 is 14.7 Å². The van der Waals surface area contributed by atoms with Crippen LogP contribution in [0.25, 0.3) is 0 Å². The average molecular weight is 368 g/mol. The Labute approximate surface area is 156 Å². The predicted octanol–water partition coefficient (Wildman–Crippen LogP) is 1.53. The number of rotatable bonds is 3. The van der Waals surface area contributed by atoms with Gasteiger partial charge in [-0.15, -0.1) is 0 Å². The van der Waals surface area contributed by atoms with Crippen molar-refractivity contribution in [2.24, 2.45) is 23.7 Å². The zero-order chi connectivity index (χ0) is 18.7. The number of carboxylic acid groups (broad SMARTS) is 1. The van der Waals surface area contributed by atoms with Gasteiger partial charge >= 0.3 is 5.97 Å². The molecule has 0 spiro atoms. The van der Waals surface area contributed by atoms with Crippen LogP contribution < -0.4 is 9.80 Å². The van der Waals surface area contributed by atoms with E-state index in [1.165, 1.54) is 11.0 Å². The molecule has 27 heavy (non-hydrogen) atoms. The van der Waals surface area contributed by atoms with Gasteiger partial charge in [0.05, 0.1) is 42.0 Å². The number of hydrogen-bond donors (Lipinski definition) is 1. The fraction of sp³-hybridized carbons (Fsp3) is 0.450. The van der Waals surface area contributed by atoms with Crippen LogP contribution in [0.4, 0.5) is 11.4 Å². The van der Waals surface area contributed by atoms with E-state index in [-0.39, 0.29) is 41.0 Å². The highest BCUT2D eigenvalue weighted by Gasteiger charge is 2.59. The van der Waals surface area contributed by atoms with Crippen molar-refractivity contribution in [3.05, 3.63) is 35.9 Å². The molecule has 1 saturated carbocycles. The standard InChI is InChI=1S/C20H20N2O5/c23-18-16-11-1-2-12(9-11)17(16)19(24)22(18)13-3-4-15(14(10-13)20(25)26)21-5-7-27-8-6-21/h1-4,10-12,16-17H,5-9H2,(H,25,26)/t11-,12-,16-,17-/m0/s1. The molecular formula is C20H20N2O5. The Morgan fingerprint density at radius 2 is 1.67 bits per heavy atom. The smallest absolute Gasteiger partial charge is 0.337 e. The van der Waals surface area contributed by atoms with Crippen LogP contribution >= 0.6 is 0 Å². The molecule has 2 aliphatic carbocycles. The molecule has 1 N–H and O–H groups in total. The van der Waals surface area contributed by atoms with E-state index in [4.69, 9.17) is 4.74 Å². The lowest BCUT2D eigenvalue weighted by Gasteiger charge is -2.30. The first-order valence-electron chi connectivity index (χ1n) is 9.32. The van der Waals surface area contributed by atoms with Crippen LogP contribution in [-0.4, -0.2) is 49.2 Å². The van der Waals surface area contributed by atoms with E-state index in [1.807, 2.05) is 17.1 Å². The first-order valence-corrected chi connectivity index (χ1v) is 9.32. The van der Waals surface area contributed by atoms with E-state index in [1.54, 1.807) is 12.1 Å². The Morgan fingerprint density at radius 3 is 2.26 bits per heavy atom. The number of hydrogen-bond acceptors (Lipinski definition) is 5. The minimum absolute atomic E-state index is 0.105. The van der Waals surface area contributed by atoms with Gasteiger partial charge in [-0.05, 0) is 36.5 Å². The second kappa shape index (κ2) is 5.92. The van der Waals surface area contributed by atoms with Crippen molar-refractivity contribution in [2.45, 2.75) is 6.42 Å². The number of morpholine rings is 1. The molecular weight excluding hydrogens is 348 g/mol. The molecule has 4 aliphatic rings. The second-order valence-electron chi connectivity index (χ2n) is 7.62. The number of carbonyl (C=O) groups excluding carboxylic acids is 2. The minimum Gasteiger partial charge on any atom is -0.478 e.